The highest BCUT2D eigenvalue weighted by Gasteiger charge is 2.24. The Morgan fingerprint density at radius 2 is 1.51 bits per heavy atom. The third-order valence-corrected chi connectivity index (χ3v) is 5.31. The highest BCUT2D eigenvalue weighted by molar-refractivity contribution is 5.92. The monoisotopic (exact) mass is 526 g/mol. The van der Waals surface area contributed by atoms with Crippen LogP contribution in [0, 0.1) is 5.92 Å². The zero-order valence-electron chi connectivity index (χ0n) is 23.0. The molecule has 0 saturated heterocycles. The molecule has 0 radical (unpaired) electrons. The highest BCUT2D eigenvalue weighted by Crippen LogP contribution is 2.11. The van der Waals surface area contributed by atoms with Crippen molar-refractivity contribution in [3.8, 4) is 0 Å². The third kappa shape index (κ3) is 18.0. The molecule has 11 nitrogen and oxygen atoms in total. The van der Waals surface area contributed by atoms with Crippen molar-refractivity contribution in [3.05, 3.63) is 12.7 Å². The topological polar surface area (TPSA) is 166 Å². The summed E-state index contributed by atoms with van der Waals surface area (Å²) in [4.78, 5) is 60.0. The molecule has 0 aliphatic carbocycles. The largest absolute Gasteiger partial charge is 0.445 e. The summed E-state index contributed by atoms with van der Waals surface area (Å²) >= 11 is 0. The molecule has 0 bridgehead atoms. The summed E-state index contributed by atoms with van der Waals surface area (Å²) in [7, 11) is 0. The number of ether oxygens (including phenoxy) is 2. The molecule has 0 spiro atoms. The molecule has 0 rings (SSSR count). The Balaban J connectivity index is 4.29. The summed E-state index contributed by atoms with van der Waals surface area (Å²) in [5, 5.41) is 7.97. The second-order valence-corrected chi connectivity index (χ2v) is 10.1. The zero-order chi connectivity index (χ0) is 28.4. The van der Waals surface area contributed by atoms with E-state index >= 15 is 0 Å². The van der Waals surface area contributed by atoms with Gasteiger partial charge in [-0.1, -0.05) is 19.6 Å². The van der Waals surface area contributed by atoms with Gasteiger partial charge in [0.15, 0.2) is 5.78 Å². The van der Waals surface area contributed by atoms with Gasteiger partial charge >= 0.3 is 12.2 Å². The van der Waals surface area contributed by atoms with E-state index in [-0.39, 0.29) is 30.5 Å². The van der Waals surface area contributed by atoms with E-state index in [0.29, 0.717) is 51.6 Å². The van der Waals surface area contributed by atoms with Crippen LogP contribution in [0.2, 0.25) is 0 Å². The summed E-state index contributed by atoms with van der Waals surface area (Å²) in [6.45, 7) is 12.8. The van der Waals surface area contributed by atoms with Gasteiger partial charge in [-0.05, 0) is 66.2 Å². The standard InChI is InChI=1S/C26H46N4O7/c1-7-16-36-24(34)28-14-10-8-12-20(27)22(32)17-18(2)23(33)30-21(19(3)31)13-9-11-15-29-25(35)37-26(4,5)6/h7,18,20-21H,1,8-17,27H2,2-6H3,(H,28,34)(H,29,35)(H,30,33). The van der Waals surface area contributed by atoms with E-state index in [1.54, 1.807) is 27.7 Å². The quantitative estimate of drug-likeness (QED) is 0.156. The maximum atomic E-state index is 12.6. The van der Waals surface area contributed by atoms with Crippen LogP contribution in [0.5, 0.6) is 0 Å². The van der Waals surface area contributed by atoms with Crippen molar-refractivity contribution in [2.45, 2.75) is 97.2 Å². The van der Waals surface area contributed by atoms with Crippen molar-refractivity contribution in [1.82, 2.24) is 16.0 Å². The molecule has 0 aromatic heterocycles. The fourth-order valence-corrected chi connectivity index (χ4v) is 3.24. The number of ketones is 2. The zero-order valence-corrected chi connectivity index (χ0v) is 23.0. The predicted octanol–water partition coefficient (Wildman–Crippen LogP) is 2.76. The number of rotatable bonds is 18. The van der Waals surface area contributed by atoms with E-state index in [9.17, 15) is 24.0 Å². The molecular weight excluding hydrogens is 480 g/mol. The number of unbranched alkanes of at least 4 members (excludes halogenated alkanes) is 2. The Hall–Kier alpha value is -2.95. The van der Waals surface area contributed by atoms with Gasteiger partial charge in [-0.15, -0.1) is 0 Å². The van der Waals surface area contributed by atoms with E-state index in [0.717, 1.165) is 0 Å². The number of amides is 3. The third-order valence-electron chi connectivity index (χ3n) is 5.31. The normalized spacial score (nSPS) is 13.5. The number of nitrogens with one attached hydrogen (secondary N) is 3. The number of Topliss-reactive ketones (excluding diaryl/α,β-unsaturated/α-hetero) is 2. The number of carbonyl (C=O) groups excluding carboxylic acids is 5. The van der Waals surface area contributed by atoms with Gasteiger partial charge in [0, 0.05) is 25.4 Å². The number of hydrogen-bond acceptors (Lipinski definition) is 8. The van der Waals surface area contributed by atoms with Crippen molar-refractivity contribution in [2.24, 2.45) is 11.7 Å². The maximum absolute atomic E-state index is 12.6. The van der Waals surface area contributed by atoms with Gasteiger partial charge in [0.25, 0.3) is 0 Å². The van der Waals surface area contributed by atoms with Gasteiger partial charge in [-0.2, -0.15) is 0 Å². The minimum atomic E-state index is -0.705. The van der Waals surface area contributed by atoms with Gasteiger partial charge in [0.2, 0.25) is 5.91 Å². The summed E-state index contributed by atoms with van der Waals surface area (Å²) in [6, 6.07) is -1.37. The molecule has 11 heteroatoms. The number of carbonyl (C=O) groups is 5. The van der Waals surface area contributed by atoms with Crippen LogP contribution in [-0.4, -0.2) is 67.0 Å². The fourth-order valence-electron chi connectivity index (χ4n) is 3.24. The molecule has 0 aromatic carbocycles. The lowest BCUT2D eigenvalue weighted by Gasteiger charge is -2.20. The van der Waals surface area contributed by atoms with Crippen LogP contribution in [0.25, 0.3) is 0 Å². The van der Waals surface area contributed by atoms with Crippen LogP contribution in [0.3, 0.4) is 0 Å². The molecule has 0 heterocycles. The second kappa shape index (κ2) is 18.3. The average Bonchev–Trinajstić information content (AvgIpc) is 2.79. The van der Waals surface area contributed by atoms with Crippen molar-refractivity contribution in [3.63, 3.8) is 0 Å². The first kappa shape index (κ1) is 34.0. The van der Waals surface area contributed by atoms with E-state index in [4.69, 9.17) is 15.2 Å². The minimum absolute atomic E-state index is 0.0242. The molecule has 3 amide bonds. The maximum Gasteiger partial charge on any atom is 0.407 e. The molecule has 3 atom stereocenters. The van der Waals surface area contributed by atoms with Gasteiger partial charge in [-0.3, -0.25) is 14.4 Å². The molecule has 212 valence electrons. The predicted molar refractivity (Wildman–Crippen MR) is 141 cm³/mol. The van der Waals surface area contributed by atoms with Gasteiger partial charge in [-0.25, -0.2) is 9.59 Å². The molecule has 0 fully saturated rings. The van der Waals surface area contributed by atoms with Crippen LogP contribution >= 0.6 is 0 Å². The Kier molecular flexibility index (Phi) is 16.9. The summed E-state index contributed by atoms with van der Waals surface area (Å²) < 4.78 is 9.96. The van der Waals surface area contributed by atoms with Crippen LogP contribution in [0.15, 0.2) is 12.7 Å². The Bertz CT molecular complexity index is 765. The highest BCUT2D eigenvalue weighted by atomic mass is 16.6. The lowest BCUT2D eigenvalue weighted by atomic mass is 9.96. The van der Waals surface area contributed by atoms with Gasteiger partial charge in [0.1, 0.15) is 18.0 Å². The van der Waals surface area contributed by atoms with Crippen LogP contribution in [0.1, 0.15) is 79.6 Å². The van der Waals surface area contributed by atoms with Crippen molar-refractivity contribution < 1.29 is 33.4 Å². The first-order valence-electron chi connectivity index (χ1n) is 12.8. The van der Waals surface area contributed by atoms with E-state index in [1.165, 1.54) is 13.0 Å². The lowest BCUT2D eigenvalue weighted by molar-refractivity contribution is -0.131. The van der Waals surface area contributed by atoms with Crippen LogP contribution < -0.4 is 21.7 Å². The Labute approximate surface area is 220 Å². The fraction of sp³-hybridized carbons (Fsp3) is 0.731. The molecule has 0 aliphatic rings. The molecule has 5 N–H and O–H groups in total. The lowest BCUT2D eigenvalue weighted by Crippen LogP contribution is -2.43. The molecule has 0 aromatic rings. The number of alkyl carbamates (subject to hydrolysis) is 2. The van der Waals surface area contributed by atoms with E-state index < -0.39 is 35.8 Å². The Morgan fingerprint density at radius 1 is 0.946 bits per heavy atom. The second-order valence-electron chi connectivity index (χ2n) is 10.1. The molecule has 0 aliphatic heterocycles. The summed E-state index contributed by atoms with van der Waals surface area (Å²) in [6.07, 6.45) is 3.77. The van der Waals surface area contributed by atoms with Crippen molar-refractivity contribution in [1.29, 1.82) is 0 Å². The summed E-state index contributed by atoms with van der Waals surface area (Å²) in [5.41, 5.74) is 5.40. The van der Waals surface area contributed by atoms with Crippen molar-refractivity contribution >= 4 is 29.7 Å². The SMILES string of the molecule is C=CCOC(=O)NCCCCC(N)C(=O)CC(C)C(=O)NC(CCCCNC(=O)OC(C)(C)C)C(C)=O. The number of hydrogen-bond donors (Lipinski definition) is 4. The van der Waals surface area contributed by atoms with Gasteiger partial charge < -0.3 is 31.2 Å². The molecule has 37 heavy (non-hydrogen) atoms. The van der Waals surface area contributed by atoms with Crippen LogP contribution in [0.4, 0.5) is 9.59 Å². The number of nitrogens with two attached hydrogens (primary N) is 1. The van der Waals surface area contributed by atoms with E-state index in [2.05, 4.69) is 22.5 Å². The summed E-state index contributed by atoms with van der Waals surface area (Å²) in [5.74, 6) is -1.41. The van der Waals surface area contributed by atoms with Crippen molar-refractivity contribution in [2.75, 3.05) is 19.7 Å². The minimum Gasteiger partial charge on any atom is -0.445 e. The van der Waals surface area contributed by atoms with Crippen LogP contribution in [-0.2, 0) is 23.9 Å². The average molecular weight is 527 g/mol. The Morgan fingerprint density at radius 3 is 2.05 bits per heavy atom. The van der Waals surface area contributed by atoms with E-state index in [1.807, 2.05) is 0 Å². The first-order valence-corrected chi connectivity index (χ1v) is 12.8. The molecule has 0 saturated carbocycles. The molecule has 3 unspecified atom stereocenters. The first-order chi connectivity index (χ1) is 17.3. The molecular formula is C26H46N4O7. The smallest absolute Gasteiger partial charge is 0.407 e. The van der Waals surface area contributed by atoms with Gasteiger partial charge in [0.05, 0.1) is 12.1 Å².